The molecule has 0 aliphatic carbocycles. The molecule has 194 valence electrons. The number of carbonyl (C=O) groups excluding carboxylic acids is 1. The second-order valence-electron chi connectivity index (χ2n) is 9.28. The number of benzene rings is 2. The van der Waals surface area contributed by atoms with Crippen molar-refractivity contribution in [1.29, 1.82) is 0 Å². The molecule has 0 aromatic heterocycles. The minimum atomic E-state index is -3.86. The van der Waals surface area contributed by atoms with Crippen molar-refractivity contribution in [2.24, 2.45) is 16.5 Å². The zero-order chi connectivity index (χ0) is 26.0. The van der Waals surface area contributed by atoms with Crippen molar-refractivity contribution in [3.05, 3.63) is 46.0 Å². The first-order valence-electron chi connectivity index (χ1n) is 12.1. The fourth-order valence-corrected chi connectivity index (χ4v) is 6.49. The highest BCUT2D eigenvalue weighted by Gasteiger charge is 2.32. The number of hydrogen-bond donors (Lipinski definition) is 2. The number of rotatable bonds is 6. The molecule has 0 radical (unpaired) electrons. The molecule has 11 heteroatoms. The zero-order valence-corrected chi connectivity index (χ0v) is 22.2. The van der Waals surface area contributed by atoms with Gasteiger partial charge in [-0.1, -0.05) is 31.4 Å². The molecule has 1 fully saturated rings. The Bertz CT molecular complexity index is 1300. The van der Waals surface area contributed by atoms with Crippen molar-refractivity contribution < 1.29 is 17.9 Å². The maximum Gasteiger partial charge on any atom is 0.280 e. The van der Waals surface area contributed by atoms with Crippen LogP contribution in [0.1, 0.15) is 47.7 Å². The van der Waals surface area contributed by atoms with Crippen molar-refractivity contribution in [2.45, 2.75) is 43.8 Å². The van der Waals surface area contributed by atoms with Crippen LogP contribution < -0.4 is 21.1 Å². The number of carbonyl (C=O) groups is 1. The molecule has 4 rings (SSSR count). The van der Waals surface area contributed by atoms with E-state index >= 15 is 0 Å². The number of hydrogen-bond acceptors (Lipinski definition) is 6. The fourth-order valence-electron chi connectivity index (χ4n) is 4.65. The predicted molar refractivity (Wildman–Crippen MR) is 142 cm³/mol. The van der Waals surface area contributed by atoms with Crippen molar-refractivity contribution in [1.82, 2.24) is 4.90 Å². The third-order valence-electron chi connectivity index (χ3n) is 6.52. The van der Waals surface area contributed by atoms with Gasteiger partial charge in [-0.2, -0.15) is 4.99 Å². The average molecular weight is 534 g/mol. The number of unbranched alkanes of at least 4 members (excludes halogenated alkanes) is 2. The van der Waals surface area contributed by atoms with Gasteiger partial charge in [-0.3, -0.25) is 9.69 Å². The molecule has 1 saturated heterocycles. The molecular formula is C25H32ClN5O4S. The molecule has 0 atom stereocenters. The first-order valence-corrected chi connectivity index (χ1v) is 14.1. The maximum atomic E-state index is 13.4. The van der Waals surface area contributed by atoms with Gasteiger partial charge in [0.2, 0.25) is 0 Å². The number of nitrogens with zero attached hydrogens (tertiary/aromatic N) is 3. The molecule has 1 amide bonds. The highest BCUT2D eigenvalue weighted by molar-refractivity contribution is 7.90. The molecule has 36 heavy (non-hydrogen) atoms. The van der Waals surface area contributed by atoms with Gasteiger partial charge < -0.3 is 21.1 Å². The van der Waals surface area contributed by atoms with E-state index in [9.17, 15) is 13.2 Å². The van der Waals surface area contributed by atoms with Gasteiger partial charge in [-0.25, -0.2) is 8.42 Å². The molecule has 9 nitrogen and oxygen atoms in total. The van der Waals surface area contributed by atoms with Gasteiger partial charge in [-0.15, -0.1) is 0 Å². The number of halogens is 1. The molecule has 4 N–H and O–H groups in total. The van der Waals surface area contributed by atoms with E-state index in [2.05, 4.69) is 21.7 Å². The number of guanidine groups is 1. The van der Waals surface area contributed by atoms with E-state index in [4.69, 9.17) is 27.8 Å². The molecule has 2 aliphatic heterocycles. The van der Waals surface area contributed by atoms with E-state index in [1.54, 1.807) is 6.92 Å². The smallest absolute Gasteiger partial charge is 0.280 e. The summed E-state index contributed by atoms with van der Waals surface area (Å²) >= 11 is 6.65. The van der Waals surface area contributed by atoms with Crippen LogP contribution >= 0.6 is 11.6 Å². The lowest BCUT2D eigenvalue weighted by Gasteiger charge is -2.36. The van der Waals surface area contributed by atoms with E-state index in [1.165, 1.54) is 31.4 Å². The Balaban J connectivity index is 1.63. The largest absolute Gasteiger partial charge is 0.454 e. The van der Waals surface area contributed by atoms with Crippen molar-refractivity contribution in [3.63, 3.8) is 0 Å². The fraction of sp³-hybridized carbons (Fsp3) is 0.440. The van der Waals surface area contributed by atoms with Crippen molar-refractivity contribution in [3.8, 4) is 11.5 Å². The van der Waals surface area contributed by atoms with Crippen LogP contribution in [0.15, 0.2) is 34.2 Å². The second kappa shape index (κ2) is 10.7. The van der Waals surface area contributed by atoms with Crippen LogP contribution in [0.4, 0.5) is 5.69 Å². The average Bonchev–Trinajstić information content (AvgIpc) is 2.93. The summed E-state index contributed by atoms with van der Waals surface area (Å²) in [6.45, 7) is 8.54. The third kappa shape index (κ3) is 5.61. The molecule has 0 saturated carbocycles. The summed E-state index contributed by atoms with van der Waals surface area (Å²) in [5.74, 6) is -0.982. The Kier molecular flexibility index (Phi) is 7.77. The van der Waals surface area contributed by atoms with Crippen molar-refractivity contribution in [2.75, 3.05) is 37.6 Å². The Morgan fingerprint density at radius 2 is 1.81 bits per heavy atom. The van der Waals surface area contributed by atoms with Gasteiger partial charge >= 0.3 is 0 Å². The highest BCUT2D eigenvalue weighted by Crippen LogP contribution is 2.45. The van der Waals surface area contributed by atoms with Crippen molar-refractivity contribution >= 4 is 39.0 Å². The molecular weight excluding hydrogens is 502 g/mol. The highest BCUT2D eigenvalue weighted by atomic mass is 35.5. The number of anilines is 1. The monoisotopic (exact) mass is 533 g/mol. The van der Waals surface area contributed by atoms with Gasteiger partial charge in [0.25, 0.3) is 5.91 Å². The molecule has 0 spiro atoms. The summed E-state index contributed by atoms with van der Waals surface area (Å²) in [5.41, 5.74) is 12.5. The van der Waals surface area contributed by atoms with Crippen LogP contribution in [0.5, 0.6) is 11.5 Å². The Morgan fingerprint density at radius 3 is 2.47 bits per heavy atom. The van der Waals surface area contributed by atoms with Crippen LogP contribution in [0.3, 0.4) is 0 Å². The normalized spacial score (nSPS) is 16.9. The minimum Gasteiger partial charge on any atom is -0.454 e. The predicted octanol–water partition coefficient (Wildman–Crippen LogP) is 3.45. The van der Waals surface area contributed by atoms with Gasteiger partial charge in [0.1, 0.15) is 16.4 Å². The summed E-state index contributed by atoms with van der Waals surface area (Å²) in [6, 6.07) is 6.43. The first kappa shape index (κ1) is 26.2. The number of nitrogens with two attached hydrogens (primary N) is 2. The lowest BCUT2D eigenvalue weighted by molar-refractivity contribution is 0.100. The van der Waals surface area contributed by atoms with E-state index in [0.717, 1.165) is 38.4 Å². The molecule has 2 aliphatic rings. The van der Waals surface area contributed by atoms with Gasteiger partial charge in [0, 0.05) is 43.0 Å². The zero-order valence-electron chi connectivity index (χ0n) is 20.6. The van der Waals surface area contributed by atoms with E-state index in [0.29, 0.717) is 21.9 Å². The molecule has 0 unspecified atom stereocenters. The van der Waals surface area contributed by atoms with Crippen LogP contribution in [-0.4, -0.2) is 57.9 Å². The molecule has 0 bridgehead atoms. The molecule has 2 aromatic rings. The number of ether oxygens (including phenoxy) is 1. The SMILES string of the molecule is CCCCCN1CCN(c2cc(Cl)c3c(c2)CS(=O)(=O)c2cc(C(=O)N=C(N)N)cc(C)c2O3)CC1. The summed E-state index contributed by atoms with van der Waals surface area (Å²) in [4.78, 5) is 20.5. The molecule has 2 aromatic carbocycles. The van der Waals surface area contributed by atoms with Crippen LogP contribution in [0, 0.1) is 6.92 Å². The van der Waals surface area contributed by atoms with E-state index < -0.39 is 21.7 Å². The third-order valence-corrected chi connectivity index (χ3v) is 8.47. The first-order chi connectivity index (χ1) is 17.1. The summed E-state index contributed by atoms with van der Waals surface area (Å²) < 4.78 is 33.0. The standard InChI is InChI=1S/C25H32ClN5O4S/c1-3-4-5-6-30-7-9-31(10-8-30)19-12-18-15-36(33,34)21-13-17(24(32)29-25(27)28)11-16(2)22(21)35-23(18)20(26)14-19/h11-14H,3-10,15H2,1-2H3,(H4,27,28,29,32). The second-order valence-corrected chi connectivity index (χ2v) is 11.6. The number of sulfone groups is 1. The van der Waals surface area contributed by atoms with Gasteiger partial charge in [0.15, 0.2) is 15.8 Å². The lowest BCUT2D eigenvalue weighted by Crippen LogP contribution is -2.46. The van der Waals surface area contributed by atoms with Crippen LogP contribution in [-0.2, 0) is 15.6 Å². The van der Waals surface area contributed by atoms with E-state index in [-0.39, 0.29) is 22.0 Å². The number of aryl methyl sites for hydroxylation is 1. The Morgan fingerprint density at radius 1 is 1.08 bits per heavy atom. The lowest BCUT2D eigenvalue weighted by atomic mass is 10.1. The summed E-state index contributed by atoms with van der Waals surface area (Å²) in [6.07, 6.45) is 3.65. The van der Waals surface area contributed by atoms with Crippen LogP contribution in [0.25, 0.3) is 0 Å². The maximum absolute atomic E-state index is 13.4. The Labute approximate surface area is 217 Å². The van der Waals surface area contributed by atoms with Gasteiger partial charge in [-0.05, 0) is 49.7 Å². The topological polar surface area (TPSA) is 131 Å². The number of fused-ring (bicyclic) bond motifs is 2. The quantitative estimate of drug-likeness (QED) is 0.328. The number of aliphatic imine (C=N–C) groups is 1. The minimum absolute atomic E-state index is 0.0568. The van der Waals surface area contributed by atoms with Gasteiger partial charge in [0.05, 0.1) is 10.8 Å². The number of amides is 1. The summed E-state index contributed by atoms with van der Waals surface area (Å²) in [7, 11) is -3.86. The molecule has 2 heterocycles. The number of piperazine rings is 1. The van der Waals surface area contributed by atoms with E-state index in [1.807, 2.05) is 12.1 Å². The van der Waals surface area contributed by atoms with Crippen LogP contribution in [0.2, 0.25) is 5.02 Å². The Hall–Kier alpha value is -2.82. The summed E-state index contributed by atoms with van der Waals surface area (Å²) in [5, 5.41) is 0.344.